The maximum absolute atomic E-state index is 12.4. The van der Waals surface area contributed by atoms with Gasteiger partial charge < -0.3 is 10.1 Å². The van der Waals surface area contributed by atoms with Crippen molar-refractivity contribution in [2.75, 3.05) is 0 Å². The first kappa shape index (κ1) is 23.2. The summed E-state index contributed by atoms with van der Waals surface area (Å²) in [6.07, 6.45) is 3.64. The third-order valence-electron chi connectivity index (χ3n) is 5.51. The Hall–Kier alpha value is -2.48. The molecular formula is C23H31N3O4S. The molecule has 7 nitrogen and oxygen atoms in total. The van der Waals surface area contributed by atoms with Gasteiger partial charge in [0.15, 0.2) is 9.84 Å². The van der Waals surface area contributed by atoms with Crippen molar-refractivity contribution < 1.29 is 17.9 Å². The highest BCUT2D eigenvalue weighted by Gasteiger charge is 2.24. The molecule has 0 spiro atoms. The maximum Gasteiger partial charge on any atom is 0.317 e. The number of nitrogens with zero attached hydrogens (tertiary/aromatic N) is 2. The van der Waals surface area contributed by atoms with Crippen molar-refractivity contribution in [3.05, 3.63) is 47.3 Å². The largest absolute Gasteiger partial charge is 0.460 e. The minimum Gasteiger partial charge on any atom is -0.460 e. The molecule has 0 bridgehead atoms. The van der Waals surface area contributed by atoms with E-state index in [1.807, 2.05) is 19.9 Å². The molecule has 0 unspecified atom stereocenters. The molecule has 0 aliphatic heterocycles. The van der Waals surface area contributed by atoms with Gasteiger partial charge in [-0.05, 0) is 77.1 Å². The van der Waals surface area contributed by atoms with Crippen molar-refractivity contribution in [1.82, 2.24) is 15.3 Å². The van der Waals surface area contributed by atoms with Crippen molar-refractivity contribution in [2.45, 2.75) is 82.1 Å². The quantitative estimate of drug-likeness (QED) is 0.702. The zero-order valence-corrected chi connectivity index (χ0v) is 19.4. The maximum atomic E-state index is 12.4. The number of ether oxygens (including phenoxy) is 1. The van der Waals surface area contributed by atoms with Crippen LogP contribution in [0.25, 0.3) is 0 Å². The van der Waals surface area contributed by atoms with Crippen molar-refractivity contribution in [3.8, 4) is 6.01 Å². The van der Waals surface area contributed by atoms with Gasteiger partial charge in [0.1, 0.15) is 6.10 Å². The lowest BCUT2D eigenvalue weighted by molar-refractivity contribution is -0.121. The summed E-state index contributed by atoms with van der Waals surface area (Å²) in [5.74, 6) is -0.0542. The van der Waals surface area contributed by atoms with Crippen LogP contribution in [0, 0.1) is 13.8 Å². The molecule has 1 aliphatic carbocycles. The fourth-order valence-electron chi connectivity index (χ4n) is 3.75. The summed E-state index contributed by atoms with van der Waals surface area (Å²) in [5.41, 5.74) is 2.57. The van der Waals surface area contributed by atoms with E-state index >= 15 is 0 Å². The normalized spacial score (nSPS) is 19.3. The van der Waals surface area contributed by atoms with E-state index in [4.69, 9.17) is 4.74 Å². The Bertz CT molecular complexity index is 991. The minimum atomic E-state index is -3.30. The Morgan fingerprint density at radius 1 is 1.06 bits per heavy atom. The number of hydrogen-bond donors (Lipinski definition) is 1. The van der Waals surface area contributed by atoms with Crippen LogP contribution in [0.15, 0.2) is 35.2 Å². The summed E-state index contributed by atoms with van der Waals surface area (Å²) >= 11 is 0. The van der Waals surface area contributed by atoms with E-state index in [1.165, 1.54) is 0 Å². The van der Waals surface area contributed by atoms with E-state index in [-0.39, 0.29) is 29.4 Å². The summed E-state index contributed by atoms with van der Waals surface area (Å²) in [6.45, 7) is 7.16. The number of sulfone groups is 1. The molecular weight excluding hydrogens is 414 g/mol. The standard InChI is InChI=1S/C23H31N3O4S/c1-15(2)31(28,29)21-11-5-18(6-12-21)14-22(27)26-19-7-9-20(10-8-19)30-23-24-16(3)13-17(4)25-23/h5-6,11-13,15,19-20H,7-10,14H2,1-4H3,(H,26,27). The van der Waals surface area contributed by atoms with E-state index in [0.29, 0.717) is 6.01 Å². The van der Waals surface area contributed by atoms with Crippen molar-refractivity contribution >= 4 is 15.7 Å². The highest BCUT2D eigenvalue weighted by Crippen LogP contribution is 2.23. The van der Waals surface area contributed by atoms with Crippen LogP contribution in [0.2, 0.25) is 0 Å². The van der Waals surface area contributed by atoms with Gasteiger partial charge >= 0.3 is 6.01 Å². The number of hydrogen-bond acceptors (Lipinski definition) is 6. The molecule has 2 aromatic rings. The van der Waals surface area contributed by atoms with Crippen LogP contribution < -0.4 is 10.1 Å². The monoisotopic (exact) mass is 445 g/mol. The number of carbonyl (C=O) groups excluding carboxylic acids is 1. The second kappa shape index (κ2) is 9.77. The molecule has 1 aromatic carbocycles. The molecule has 1 heterocycles. The minimum absolute atomic E-state index is 0.0542. The van der Waals surface area contributed by atoms with Gasteiger partial charge in [0.05, 0.1) is 16.6 Å². The highest BCUT2D eigenvalue weighted by atomic mass is 32.2. The molecule has 0 atom stereocenters. The average molecular weight is 446 g/mol. The third kappa shape index (κ3) is 6.26. The predicted molar refractivity (Wildman–Crippen MR) is 119 cm³/mol. The van der Waals surface area contributed by atoms with Gasteiger partial charge in [0, 0.05) is 17.4 Å². The molecule has 1 amide bonds. The molecule has 0 radical (unpaired) electrons. The Morgan fingerprint density at radius 2 is 1.65 bits per heavy atom. The summed E-state index contributed by atoms with van der Waals surface area (Å²) < 4.78 is 30.3. The van der Waals surface area contributed by atoms with Crippen molar-refractivity contribution in [2.24, 2.45) is 0 Å². The van der Waals surface area contributed by atoms with Crippen LogP contribution in [0.1, 0.15) is 56.5 Å². The number of amides is 1. The van der Waals surface area contributed by atoms with Gasteiger partial charge in [-0.2, -0.15) is 0 Å². The van der Waals surface area contributed by atoms with Crippen LogP contribution in [0.4, 0.5) is 0 Å². The Morgan fingerprint density at radius 3 is 2.19 bits per heavy atom. The number of rotatable bonds is 7. The molecule has 8 heteroatoms. The third-order valence-corrected chi connectivity index (χ3v) is 7.68. The number of aryl methyl sites for hydroxylation is 2. The Labute approximate surface area is 184 Å². The van der Waals surface area contributed by atoms with Crippen LogP contribution in [-0.4, -0.2) is 41.7 Å². The first-order valence-electron chi connectivity index (χ1n) is 10.7. The van der Waals surface area contributed by atoms with Crippen molar-refractivity contribution in [1.29, 1.82) is 0 Å². The van der Waals surface area contributed by atoms with Gasteiger partial charge in [-0.3, -0.25) is 4.79 Å². The number of carbonyl (C=O) groups is 1. The first-order chi connectivity index (χ1) is 14.6. The summed E-state index contributed by atoms with van der Waals surface area (Å²) in [4.78, 5) is 21.4. The van der Waals surface area contributed by atoms with Gasteiger partial charge in [0.2, 0.25) is 5.91 Å². The van der Waals surface area contributed by atoms with Crippen molar-refractivity contribution in [3.63, 3.8) is 0 Å². The summed E-state index contributed by atoms with van der Waals surface area (Å²) in [5, 5.41) is 2.62. The zero-order chi connectivity index (χ0) is 22.6. The smallest absolute Gasteiger partial charge is 0.317 e. The molecule has 31 heavy (non-hydrogen) atoms. The van der Waals surface area contributed by atoms with Crippen LogP contribution in [0.5, 0.6) is 6.01 Å². The molecule has 3 rings (SSSR count). The van der Waals surface area contributed by atoms with Gasteiger partial charge in [-0.25, -0.2) is 18.4 Å². The van der Waals surface area contributed by atoms with Gasteiger partial charge in [0.25, 0.3) is 0 Å². The van der Waals surface area contributed by atoms with E-state index in [1.54, 1.807) is 38.1 Å². The SMILES string of the molecule is Cc1cc(C)nc(OC2CCC(NC(=O)Cc3ccc(S(=O)(=O)C(C)C)cc3)CC2)n1. The zero-order valence-electron chi connectivity index (χ0n) is 18.6. The lowest BCUT2D eigenvalue weighted by atomic mass is 9.93. The van der Waals surface area contributed by atoms with Gasteiger partial charge in [-0.1, -0.05) is 12.1 Å². The lowest BCUT2D eigenvalue weighted by Gasteiger charge is -2.29. The second-order valence-electron chi connectivity index (χ2n) is 8.51. The number of aromatic nitrogens is 2. The first-order valence-corrected chi connectivity index (χ1v) is 12.3. The molecule has 1 aromatic heterocycles. The predicted octanol–water partition coefficient (Wildman–Crippen LogP) is 3.32. The highest BCUT2D eigenvalue weighted by molar-refractivity contribution is 7.92. The average Bonchev–Trinajstić information content (AvgIpc) is 2.69. The van der Waals surface area contributed by atoms with Crippen LogP contribution >= 0.6 is 0 Å². The van der Waals surface area contributed by atoms with E-state index in [9.17, 15) is 13.2 Å². The van der Waals surface area contributed by atoms with Crippen LogP contribution in [0.3, 0.4) is 0 Å². The van der Waals surface area contributed by atoms with E-state index in [0.717, 1.165) is 42.6 Å². The van der Waals surface area contributed by atoms with E-state index < -0.39 is 15.1 Å². The lowest BCUT2D eigenvalue weighted by Crippen LogP contribution is -2.40. The topological polar surface area (TPSA) is 98.2 Å². The molecule has 1 fully saturated rings. The van der Waals surface area contributed by atoms with Crippen LogP contribution in [-0.2, 0) is 21.1 Å². The number of benzene rings is 1. The Kier molecular flexibility index (Phi) is 7.30. The summed E-state index contributed by atoms with van der Waals surface area (Å²) in [7, 11) is -3.30. The molecule has 1 N–H and O–H groups in total. The molecule has 1 aliphatic rings. The van der Waals surface area contributed by atoms with Gasteiger partial charge in [-0.15, -0.1) is 0 Å². The second-order valence-corrected chi connectivity index (χ2v) is 11.0. The van der Waals surface area contributed by atoms with E-state index in [2.05, 4.69) is 15.3 Å². The Balaban J connectivity index is 1.47. The molecule has 1 saturated carbocycles. The number of nitrogens with one attached hydrogen (secondary N) is 1. The molecule has 168 valence electrons. The molecule has 0 saturated heterocycles. The fraction of sp³-hybridized carbons (Fsp3) is 0.522. The fourth-order valence-corrected chi connectivity index (χ4v) is 4.81. The summed E-state index contributed by atoms with van der Waals surface area (Å²) in [6, 6.07) is 9.04.